The summed E-state index contributed by atoms with van der Waals surface area (Å²) in [5, 5.41) is 3.55. The Morgan fingerprint density at radius 2 is 1.84 bits per heavy atom. The second-order valence-electron chi connectivity index (χ2n) is 16.9. The number of carbonyl (C=O) groups excluding carboxylic acids is 2. The molecule has 1 saturated carbocycles. The molecule has 1 N–H and O–H groups in total. The van der Waals surface area contributed by atoms with Gasteiger partial charge in [-0.05, 0) is 80.6 Å². The zero-order valence-electron chi connectivity index (χ0n) is 31.9. The first kappa shape index (κ1) is 37.9. The summed E-state index contributed by atoms with van der Waals surface area (Å²) in [6.45, 7) is 22.1. The molecule has 4 heterocycles. The van der Waals surface area contributed by atoms with Crippen LogP contribution in [0.5, 0.6) is 0 Å². The number of rotatable bonds is 20. The van der Waals surface area contributed by atoms with Gasteiger partial charge in [0.1, 0.15) is 18.3 Å². The van der Waals surface area contributed by atoms with E-state index in [4.69, 9.17) is 9.72 Å². The molecule has 2 saturated heterocycles. The number of nitrogens with one attached hydrogen (secondary N) is 1. The van der Waals surface area contributed by atoms with E-state index >= 15 is 0 Å². The molecule has 0 radical (unpaired) electrons. The van der Waals surface area contributed by atoms with Crippen LogP contribution >= 0.6 is 0 Å². The van der Waals surface area contributed by atoms with Gasteiger partial charge in [0.15, 0.2) is 0 Å². The third-order valence-corrected chi connectivity index (χ3v) is 14.0. The number of piperidine rings is 1. The van der Waals surface area contributed by atoms with E-state index in [0.717, 1.165) is 95.1 Å². The lowest BCUT2D eigenvalue weighted by molar-refractivity contribution is -0.124. The Morgan fingerprint density at radius 1 is 1.08 bits per heavy atom. The van der Waals surface area contributed by atoms with Crippen LogP contribution in [0.25, 0.3) is 11.3 Å². The molecule has 2 unspecified atom stereocenters. The summed E-state index contributed by atoms with van der Waals surface area (Å²) in [4.78, 5) is 36.3. The third-order valence-electron chi connectivity index (χ3n) is 12.3. The first-order valence-corrected chi connectivity index (χ1v) is 23.6. The summed E-state index contributed by atoms with van der Waals surface area (Å²) in [5.41, 5.74) is 5.30. The minimum atomic E-state index is -1.28. The summed E-state index contributed by atoms with van der Waals surface area (Å²) in [6, 6.07) is 8.46. The number of carbonyl (C=O) groups is 2. The Hall–Kier alpha value is -2.85. The molecule has 4 atom stereocenters. The average molecular weight is 714 g/mol. The van der Waals surface area contributed by atoms with Crippen LogP contribution in [0.3, 0.4) is 0 Å². The molecule has 4 aliphatic rings. The van der Waals surface area contributed by atoms with Crippen molar-refractivity contribution in [2.24, 2.45) is 11.3 Å². The molecule has 1 spiro atoms. The number of benzene rings is 1. The van der Waals surface area contributed by atoms with Crippen molar-refractivity contribution in [3.8, 4) is 11.3 Å². The maximum atomic E-state index is 14.1. The molecule has 3 aliphatic heterocycles. The van der Waals surface area contributed by atoms with Crippen molar-refractivity contribution in [3.05, 3.63) is 66.7 Å². The number of fused-ring (bicyclic) bond motifs is 5. The number of amides is 1. The van der Waals surface area contributed by atoms with Gasteiger partial charge in [-0.1, -0.05) is 69.8 Å². The highest BCUT2D eigenvalue weighted by molar-refractivity contribution is 6.76. The second-order valence-corrected chi connectivity index (χ2v) is 22.6. The number of likely N-dealkylation sites (tertiary alicyclic amines) is 1. The van der Waals surface area contributed by atoms with Gasteiger partial charge < -0.3 is 14.6 Å². The average Bonchev–Trinajstić information content (AvgIpc) is 3.34. The van der Waals surface area contributed by atoms with Gasteiger partial charge in [-0.3, -0.25) is 19.4 Å². The number of nitrogens with zero attached hydrogens (tertiary/aromatic N) is 4. The van der Waals surface area contributed by atoms with E-state index in [1.807, 2.05) is 25.3 Å². The Bertz CT molecular complexity index is 1550. The topological polar surface area (TPSA) is 79.7 Å². The van der Waals surface area contributed by atoms with Crippen molar-refractivity contribution in [1.82, 2.24) is 24.7 Å². The van der Waals surface area contributed by atoms with Gasteiger partial charge in [0.25, 0.3) is 0 Å². The highest BCUT2D eigenvalue weighted by Gasteiger charge is 2.58. The molecule has 9 heteroatoms. The number of hydrogen-bond acceptors (Lipinski definition) is 6. The zero-order chi connectivity index (χ0) is 36.2. The predicted octanol–water partition coefficient (Wildman–Crippen LogP) is 8.62. The monoisotopic (exact) mass is 713 g/mol. The molecular formula is C42H63N5O3Si. The van der Waals surface area contributed by atoms with Gasteiger partial charge in [-0.25, -0.2) is 4.98 Å². The van der Waals surface area contributed by atoms with Crippen molar-refractivity contribution >= 4 is 19.8 Å². The van der Waals surface area contributed by atoms with Gasteiger partial charge in [0.2, 0.25) is 5.91 Å². The quantitative estimate of drug-likeness (QED) is 0.0841. The number of unbranched alkanes of at least 4 members (excludes halogenated alkanes) is 2. The van der Waals surface area contributed by atoms with Gasteiger partial charge in [0, 0.05) is 64.2 Å². The molecule has 1 aliphatic carbocycles. The SMILES string of the molecule is C=CCN1CCC2(CC1)C[C@@H]2C(=O)N[C@@H](CCCCCC(=O)CC)c1ncc(-c2cccc3c2C2CCC3N2CC=C)n1COCC[Si](C)(C)C. The van der Waals surface area contributed by atoms with Gasteiger partial charge in [-0.15, -0.1) is 13.2 Å². The van der Waals surface area contributed by atoms with Gasteiger partial charge >= 0.3 is 0 Å². The van der Waals surface area contributed by atoms with E-state index < -0.39 is 8.07 Å². The second kappa shape index (κ2) is 16.4. The smallest absolute Gasteiger partial charge is 0.224 e. The number of Topliss-reactive ketones (excluding diaryl/α,β-unsaturated/α-hetero) is 1. The predicted molar refractivity (Wildman–Crippen MR) is 209 cm³/mol. The summed E-state index contributed by atoms with van der Waals surface area (Å²) in [7, 11) is -1.28. The first-order chi connectivity index (χ1) is 24.6. The van der Waals surface area contributed by atoms with Crippen molar-refractivity contribution in [3.63, 3.8) is 0 Å². The normalized spacial score (nSPS) is 22.9. The zero-order valence-corrected chi connectivity index (χ0v) is 32.9. The molecule has 8 nitrogen and oxygen atoms in total. The van der Waals surface area contributed by atoms with Crippen molar-refractivity contribution in [2.45, 2.75) is 128 Å². The fourth-order valence-electron chi connectivity index (χ4n) is 9.13. The van der Waals surface area contributed by atoms with Crippen LogP contribution < -0.4 is 5.32 Å². The molecule has 3 fully saturated rings. The first-order valence-electron chi connectivity index (χ1n) is 19.9. The van der Waals surface area contributed by atoms with E-state index in [-0.39, 0.29) is 23.3 Å². The lowest BCUT2D eigenvalue weighted by Crippen LogP contribution is -2.38. The third kappa shape index (κ3) is 8.53. The highest BCUT2D eigenvalue weighted by Crippen LogP contribution is 2.60. The van der Waals surface area contributed by atoms with Crippen molar-refractivity contribution in [1.29, 1.82) is 0 Å². The Kier molecular flexibility index (Phi) is 12.2. The summed E-state index contributed by atoms with van der Waals surface area (Å²) >= 11 is 0. The molecule has 278 valence electrons. The van der Waals surface area contributed by atoms with Crippen molar-refractivity contribution in [2.75, 3.05) is 32.8 Å². The Balaban J connectivity index is 1.28. The van der Waals surface area contributed by atoms with Crippen LogP contribution in [-0.2, 0) is 21.1 Å². The number of aromatic nitrogens is 2. The lowest BCUT2D eigenvalue weighted by Gasteiger charge is -2.32. The molecule has 6 rings (SSSR count). The summed E-state index contributed by atoms with van der Waals surface area (Å²) in [5.74, 6) is 1.44. The number of imidazole rings is 1. The molecular weight excluding hydrogens is 651 g/mol. The van der Waals surface area contributed by atoms with Crippen LogP contribution in [-0.4, -0.2) is 71.9 Å². The number of ketones is 1. The van der Waals surface area contributed by atoms with E-state index in [0.29, 0.717) is 44.0 Å². The molecule has 1 aromatic heterocycles. The van der Waals surface area contributed by atoms with Crippen LogP contribution in [0.2, 0.25) is 25.7 Å². The molecule has 51 heavy (non-hydrogen) atoms. The largest absolute Gasteiger partial charge is 0.361 e. The van der Waals surface area contributed by atoms with Gasteiger partial charge in [-0.2, -0.15) is 0 Å². The minimum absolute atomic E-state index is 0.0627. The fourth-order valence-corrected chi connectivity index (χ4v) is 9.89. The standard InChI is InChI=1S/C42H63N5O3Si/c1-7-22-45-24-20-42(21-25-45)28-34(42)41(49)44-35(17-12-10-11-14-31(48)9-3)40-43-29-38(47(40)30-50-26-27-51(4,5)6)33-16-13-15-32-36-18-19-37(39(32)33)46(36)23-8-2/h7-8,13,15-16,29,34-37H,1-2,9-12,14,17-28,30H2,3-6H3,(H,44,49)/t34-,35+,36?,37?/m1/s1. The Labute approximate surface area is 308 Å². The van der Waals surface area contributed by atoms with Crippen molar-refractivity contribution < 1.29 is 14.3 Å². The number of hydrogen-bond donors (Lipinski definition) is 1. The van der Waals surface area contributed by atoms with Crippen LogP contribution in [0.1, 0.15) is 113 Å². The molecule has 1 aromatic carbocycles. The minimum Gasteiger partial charge on any atom is -0.361 e. The highest BCUT2D eigenvalue weighted by atomic mass is 28.3. The van der Waals surface area contributed by atoms with E-state index in [9.17, 15) is 9.59 Å². The number of ether oxygens (including phenoxy) is 1. The Morgan fingerprint density at radius 3 is 2.57 bits per heavy atom. The molecule has 1 amide bonds. The molecule has 2 bridgehead atoms. The van der Waals surface area contributed by atoms with Crippen LogP contribution in [0.15, 0.2) is 49.7 Å². The van der Waals surface area contributed by atoms with Gasteiger partial charge in [0.05, 0.1) is 17.9 Å². The van der Waals surface area contributed by atoms with E-state index in [1.165, 1.54) is 23.1 Å². The van der Waals surface area contributed by atoms with E-state index in [1.54, 1.807) is 0 Å². The lowest BCUT2D eigenvalue weighted by atomic mass is 9.87. The fraction of sp³-hybridized carbons (Fsp3) is 0.643. The summed E-state index contributed by atoms with van der Waals surface area (Å²) < 4.78 is 8.76. The molecule has 2 aromatic rings. The van der Waals surface area contributed by atoms with Crippen LogP contribution in [0.4, 0.5) is 0 Å². The maximum absolute atomic E-state index is 14.1. The maximum Gasteiger partial charge on any atom is 0.224 e. The summed E-state index contributed by atoms with van der Waals surface area (Å²) in [6.07, 6.45) is 16.3. The van der Waals surface area contributed by atoms with Crippen LogP contribution in [0, 0.1) is 11.3 Å². The van der Waals surface area contributed by atoms with E-state index in [2.05, 4.69) is 70.7 Å².